The molecule has 1 aliphatic heterocycles. The fraction of sp³-hybridized carbons (Fsp3) is 0.509. The number of aliphatic hydroxyl groups is 1. The number of hydrogen-bond acceptors (Lipinski definition) is 11. The third-order valence-electron chi connectivity index (χ3n) is 13.1. The Morgan fingerprint density at radius 3 is 2.04 bits per heavy atom. The van der Waals surface area contributed by atoms with Gasteiger partial charge in [-0.3, -0.25) is 38.5 Å². The Balaban J connectivity index is 1.35. The number of carboxylic acid groups (broad SMARTS) is 1. The van der Waals surface area contributed by atoms with Crippen LogP contribution in [0.4, 0.5) is 13.6 Å². The van der Waals surface area contributed by atoms with Crippen molar-refractivity contribution in [3.8, 4) is 11.1 Å². The first-order valence-electron chi connectivity index (χ1n) is 26.2. The molecule has 0 bridgehead atoms. The lowest BCUT2D eigenvalue weighted by Crippen LogP contribution is -2.57. The summed E-state index contributed by atoms with van der Waals surface area (Å²) in [5.41, 5.74) is 12.7. The van der Waals surface area contributed by atoms with Gasteiger partial charge in [-0.05, 0) is 92.5 Å². The van der Waals surface area contributed by atoms with Gasteiger partial charge in [0.1, 0.15) is 36.4 Å². The van der Waals surface area contributed by atoms with Gasteiger partial charge in [0, 0.05) is 74.3 Å². The Morgan fingerprint density at radius 1 is 0.756 bits per heavy atom. The highest BCUT2D eigenvalue weighted by atomic mass is 19.1. The van der Waals surface area contributed by atoms with Crippen LogP contribution >= 0.6 is 0 Å². The lowest BCUT2D eigenvalue weighted by Gasteiger charge is -2.41. The van der Waals surface area contributed by atoms with Crippen LogP contribution in [0, 0.1) is 23.0 Å². The number of carbonyl (C=O) groups excluding carboxylic acids is 8. The molecule has 2 aromatic carbocycles. The summed E-state index contributed by atoms with van der Waals surface area (Å²) in [6.07, 6.45) is 5.98. The summed E-state index contributed by atoms with van der Waals surface area (Å²) in [5, 5.41) is 33.2. The standard InChI is InChI=1S/C55H76F2N10O11/c1-34(2)48(64-44(69)19-10-7-13-27-66-45(70)22-23-46(66)71)52(75)62-41(18-14-26-61-54(59)78)51(74)63-42(53(76)77)17-11-12-25-60-50(73)40(58)24-28-67(47(72)33-68)49(55(3,4)5)43-29-36(38-30-37(56)20-21-39(38)57)32-65(43)31-35-15-8-6-9-16-35/h6,8-9,15-16,20-23,29-30,32,34,40-42,48-49,68H,7,10-14,17-19,24-28,31,33,58H2,1-5H3,(H,60,73)(H,62,75)(H,63,74)(H,64,69)(H,76,77)(H3,59,61,78)/t40-,41-,42-,48-,49-/m0/s1. The molecule has 1 aliphatic rings. The van der Waals surface area contributed by atoms with Gasteiger partial charge >= 0.3 is 12.0 Å². The number of aliphatic hydroxyl groups excluding tert-OH is 1. The molecule has 0 aliphatic carbocycles. The monoisotopic (exact) mass is 1090 g/mol. The number of primary amides is 1. The van der Waals surface area contributed by atoms with Crippen molar-refractivity contribution in [1.82, 2.24) is 41.0 Å². The van der Waals surface area contributed by atoms with Gasteiger partial charge in [-0.1, -0.05) is 71.4 Å². The minimum atomic E-state index is -1.42. The van der Waals surface area contributed by atoms with Gasteiger partial charge in [0.15, 0.2) is 0 Å². The first-order chi connectivity index (χ1) is 36.9. The number of hydrogen-bond donors (Lipinski definition) is 9. The van der Waals surface area contributed by atoms with E-state index in [0.29, 0.717) is 37.1 Å². The molecule has 0 spiro atoms. The largest absolute Gasteiger partial charge is 0.480 e. The minimum absolute atomic E-state index is 0.0188. The number of benzene rings is 2. The van der Waals surface area contributed by atoms with E-state index in [0.717, 1.165) is 28.7 Å². The van der Waals surface area contributed by atoms with Crippen molar-refractivity contribution in [1.29, 1.82) is 0 Å². The molecule has 78 heavy (non-hydrogen) atoms. The summed E-state index contributed by atoms with van der Waals surface area (Å²) in [5.74, 6) is -7.07. The van der Waals surface area contributed by atoms with Gasteiger partial charge in [0.05, 0.1) is 12.1 Å². The van der Waals surface area contributed by atoms with Gasteiger partial charge < -0.3 is 57.7 Å². The van der Waals surface area contributed by atoms with Crippen LogP contribution in [0.3, 0.4) is 0 Å². The Morgan fingerprint density at radius 2 is 1.41 bits per heavy atom. The first kappa shape index (κ1) is 63.0. The van der Waals surface area contributed by atoms with Gasteiger partial charge in [-0.25, -0.2) is 18.4 Å². The van der Waals surface area contributed by atoms with Crippen LogP contribution in [0.1, 0.15) is 116 Å². The zero-order valence-electron chi connectivity index (χ0n) is 45.0. The van der Waals surface area contributed by atoms with Gasteiger partial charge in [0.2, 0.25) is 29.5 Å². The number of imide groups is 1. The summed E-state index contributed by atoms with van der Waals surface area (Å²) >= 11 is 0. The smallest absolute Gasteiger partial charge is 0.326 e. The van der Waals surface area contributed by atoms with Crippen molar-refractivity contribution in [2.75, 3.05) is 32.8 Å². The second-order valence-corrected chi connectivity index (χ2v) is 20.7. The number of aromatic nitrogens is 1. The average Bonchev–Trinajstić information content (AvgIpc) is 3.95. The second-order valence-electron chi connectivity index (χ2n) is 20.7. The molecule has 21 nitrogen and oxygen atoms in total. The van der Waals surface area contributed by atoms with Gasteiger partial charge in [-0.2, -0.15) is 0 Å². The van der Waals surface area contributed by atoms with E-state index in [2.05, 4.69) is 26.6 Å². The molecule has 1 aromatic heterocycles. The third kappa shape index (κ3) is 19.5. The van der Waals surface area contributed by atoms with E-state index in [1.54, 1.807) is 26.1 Å². The number of nitrogens with two attached hydrogens (primary N) is 2. The van der Waals surface area contributed by atoms with Crippen molar-refractivity contribution < 1.29 is 62.1 Å². The molecule has 9 amide bonds. The number of aliphatic carboxylic acids is 1. The van der Waals surface area contributed by atoms with Crippen LogP contribution in [0.15, 0.2) is 72.9 Å². The van der Waals surface area contributed by atoms with Crippen molar-refractivity contribution in [2.45, 2.75) is 136 Å². The fourth-order valence-corrected chi connectivity index (χ4v) is 9.07. The minimum Gasteiger partial charge on any atom is -0.480 e. The lowest BCUT2D eigenvalue weighted by atomic mass is 9.82. The van der Waals surface area contributed by atoms with Gasteiger partial charge in [-0.15, -0.1) is 0 Å². The average molecular weight is 1090 g/mol. The van der Waals surface area contributed by atoms with E-state index >= 15 is 4.39 Å². The van der Waals surface area contributed by atoms with E-state index in [9.17, 15) is 57.8 Å². The number of urea groups is 1. The zero-order chi connectivity index (χ0) is 57.7. The normalized spacial score (nSPS) is 14.3. The summed E-state index contributed by atoms with van der Waals surface area (Å²) in [6.45, 7) is 8.72. The fourth-order valence-electron chi connectivity index (χ4n) is 9.07. The molecule has 0 fully saturated rings. The number of amides is 9. The predicted molar refractivity (Wildman–Crippen MR) is 285 cm³/mol. The van der Waals surface area contributed by atoms with E-state index < -0.39 is 113 Å². The van der Waals surface area contributed by atoms with Crippen molar-refractivity contribution in [3.05, 3.63) is 95.8 Å². The zero-order valence-corrected chi connectivity index (χ0v) is 45.0. The maximum absolute atomic E-state index is 15.2. The highest BCUT2D eigenvalue weighted by Crippen LogP contribution is 2.41. The third-order valence-corrected chi connectivity index (χ3v) is 13.1. The molecule has 0 radical (unpaired) electrons. The van der Waals surface area contributed by atoms with Crippen LogP contribution in [-0.2, 0) is 44.9 Å². The van der Waals surface area contributed by atoms with Crippen molar-refractivity contribution in [2.24, 2.45) is 22.8 Å². The number of rotatable bonds is 32. The molecular formula is C55H76F2N10O11. The number of unbranched alkanes of at least 4 members (excludes halogenated alkanes) is 3. The second kappa shape index (κ2) is 30.4. The highest BCUT2D eigenvalue weighted by molar-refractivity contribution is 6.12. The van der Waals surface area contributed by atoms with Gasteiger partial charge in [0.25, 0.3) is 11.8 Å². The number of halogens is 2. The summed E-state index contributed by atoms with van der Waals surface area (Å²) in [4.78, 5) is 117. The Kier molecular flexibility index (Phi) is 24.6. The van der Waals surface area contributed by atoms with E-state index in [1.807, 2.05) is 55.7 Å². The molecule has 2 heterocycles. The Labute approximate surface area is 453 Å². The van der Waals surface area contributed by atoms with Crippen molar-refractivity contribution in [3.63, 3.8) is 0 Å². The summed E-state index contributed by atoms with van der Waals surface area (Å²) in [6, 6.07) is 7.74. The molecule has 0 saturated carbocycles. The Hall–Kier alpha value is -7.53. The maximum atomic E-state index is 15.2. The highest BCUT2D eigenvalue weighted by Gasteiger charge is 2.38. The van der Waals surface area contributed by atoms with E-state index in [1.165, 1.54) is 17.1 Å². The molecule has 23 heteroatoms. The van der Waals surface area contributed by atoms with Crippen LogP contribution < -0.4 is 38.1 Å². The quantitative estimate of drug-likeness (QED) is 0.0321. The van der Waals surface area contributed by atoms with Crippen LogP contribution in [0.25, 0.3) is 11.1 Å². The maximum Gasteiger partial charge on any atom is 0.326 e. The van der Waals surface area contributed by atoms with Crippen LogP contribution in [0.5, 0.6) is 0 Å². The van der Waals surface area contributed by atoms with E-state index in [4.69, 9.17) is 11.5 Å². The topological polar surface area (TPSA) is 318 Å². The number of nitrogens with one attached hydrogen (secondary N) is 5. The molecule has 426 valence electrons. The molecule has 4 rings (SSSR count). The molecule has 11 N–H and O–H groups in total. The van der Waals surface area contributed by atoms with E-state index in [-0.39, 0.29) is 76.7 Å². The molecule has 0 saturated heterocycles. The Bertz CT molecular complexity index is 2590. The summed E-state index contributed by atoms with van der Waals surface area (Å²) < 4.78 is 31.5. The lowest BCUT2D eigenvalue weighted by molar-refractivity contribution is -0.142. The van der Waals surface area contributed by atoms with Crippen molar-refractivity contribution >= 4 is 53.4 Å². The molecule has 3 aromatic rings. The SMILES string of the molecule is CC(C)[C@H](NC(=O)CCCCCN1C(=O)C=CC1=O)C(=O)N[C@@H](CCCNC(N)=O)C(=O)N[C@@H](CCCCNC(=O)[C@@H](N)CCN(C(=O)CO)[C@@H](c1cc(-c2cc(F)ccc2F)cn1Cc1ccccc1)C(C)(C)C)C(=O)O. The molecule has 0 unspecified atom stereocenters. The summed E-state index contributed by atoms with van der Waals surface area (Å²) in [7, 11) is 0. The number of nitrogens with zero attached hydrogens (tertiary/aromatic N) is 3. The van der Waals surface area contributed by atoms with Crippen LogP contribution in [-0.4, -0.2) is 135 Å². The number of carboxylic acids is 1. The predicted octanol–water partition coefficient (Wildman–Crippen LogP) is 3.52. The molecular weight excluding hydrogens is 1010 g/mol. The van der Waals surface area contributed by atoms with Crippen LogP contribution in [0.2, 0.25) is 0 Å². The first-order valence-corrected chi connectivity index (χ1v) is 26.2. The molecule has 5 atom stereocenters. The number of carbonyl (C=O) groups is 9.